The van der Waals surface area contributed by atoms with Gasteiger partial charge in [0.1, 0.15) is 0 Å². The Morgan fingerprint density at radius 2 is 1.80 bits per heavy atom. The number of rotatable bonds is 5. The average Bonchev–Trinajstić information content (AvgIpc) is 2.67. The zero-order valence-electron chi connectivity index (χ0n) is 15.6. The van der Waals surface area contributed by atoms with Crippen LogP contribution in [0.1, 0.15) is 31.9 Å². The Bertz CT molecular complexity index is 543. The number of likely N-dealkylation sites (N-methyl/N-ethyl adjacent to an activating group) is 1. The number of piperazine rings is 1. The standard InChI is InChI=1S/C20H31N3O2/c1-3-21-11-13-22(14-12-21)10-9-20(24)23-15-17(2)25-16-19(23)18-7-5-4-6-8-18/h4-8,17,19H,3,9-16H2,1-2H3/t17-,19-/m1/s1. The molecule has 0 spiro atoms. The normalized spacial score (nSPS) is 25.9. The summed E-state index contributed by atoms with van der Waals surface area (Å²) in [6.45, 7) is 11.9. The minimum atomic E-state index is 0.0434. The molecule has 0 bridgehead atoms. The molecule has 0 aromatic heterocycles. The van der Waals surface area contributed by atoms with E-state index in [1.807, 2.05) is 30.0 Å². The Balaban J connectivity index is 1.57. The predicted molar refractivity (Wildman–Crippen MR) is 99.5 cm³/mol. The van der Waals surface area contributed by atoms with Gasteiger partial charge in [0.2, 0.25) is 5.91 Å². The van der Waals surface area contributed by atoms with Crippen LogP contribution in [-0.4, -0.2) is 79.1 Å². The summed E-state index contributed by atoms with van der Waals surface area (Å²) < 4.78 is 5.83. The molecule has 3 rings (SSSR count). The summed E-state index contributed by atoms with van der Waals surface area (Å²) >= 11 is 0. The molecule has 2 fully saturated rings. The molecule has 2 aliphatic heterocycles. The van der Waals surface area contributed by atoms with E-state index in [1.54, 1.807) is 0 Å². The fourth-order valence-corrected chi connectivity index (χ4v) is 3.76. The average molecular weight is 345 g/mol. The Kier molecular flexibility index (Phi) is 6.45. The Morgan fingerprint density at radius 1 is 1.12 bits per heavy atom. The lowest BCUT2D eigenvalue weighted by molar-refractivity contribution is -0.145. The van der Waals surface area contributed by atoms with Gasteiger partial charge >= 0.3 is 0 Å². The topological polar surface area (TPSA) is 36.0 Å². The maximum absolute atomic E-state index is 12.9. The van der Waals surface area contributed by atoms with E-state index >= 15 is 0 Å². The van der Waals surface area contributed by atoms with Gasteiger partial charge < -0.3 is 19.4 Å². The summed E-state index contributed by atoms with van der Waals surface area (Å²) in [5, 5.41) is 0. The van der Waals surface area contributed by atoms with Gasteiger partial charge in [-0.25, -0.2) is 0 Å². The molecule has 2 saturated heterocycles. The molecule has 1 aromatic carbocycles. The van der Waals surface area contributed by atoms with Gasteiger partial charge in [-0.2, -0.15) is 0 Å². The largest absolute Gasteiger partial charge is 0.374 e. The number of benzene rings is 1. The van der Waals surface area contributed by atoms with Crippen molar-refractivity contribution in [3.8, 4) is 0 Å². The maximum Gasteiger partial charge on any atom is 0.224 e. The van der Waals surface area contributed by atoms with Gasteiger partial charge in [-0.1, -0.05) is 37.3 Å². The highest BCUT2D eigenvalue weighted by Crippen LogP contribution is 2.26. The van der Waals surface area contributed by atoms with E-state index in [1.165, 1.54) is 5.56 Å². The van der Waals surface area contributed by atoms with Crippen LogP contribution < -0.4 is 0 Å². The molecule has 0 saturated carbocycles. The van der Waals surface area contributed by atoms with Gasteiger partial charge in [-0.3, -0.25) is 4.79 Å². The SMILES string of the molecule is CCN1CCN(CCC(=O)N2C[C@@H](C)OC[C@@H]2c2ccccc2)CC1. The van der Waals surface area contributed by atoms with Crippen molar-refractivity contribution in [2.75, 3.05) is 52.4 Å². The number of amides is 1. The summed E-state index contributed by atoms with van der Waals surface area (Å²) in [7, 11) is 0. The van der Waals surface area contributed by atoms with Crippen LogP contribution in [0.15, 0.2) is 30.3 Å². The molecule has 138 valence electrons. The van der Waals surface area contributed by atoms with Gasteiger partial charge in [0.05, 0.1) is 18.8 Å². The molecule has 2 heterocycles. The van der Waals surface area contributed by atoms with Crippen molar-refractivity contribution < 1.29 is 9.53 Å². The van der Waals surface area contributed by atoms with E-state index in [4.69, 9.17) is 4.74 Å². The fourth-order valence-electron chi connectivity index (χ4n) is 3.76. The second kappa shape index (κ2) is 8.79. The first-order valence-electron chi connectivity index (χ1n) is 9.58. The van der Waals surface area contributed by atoms with Crippen LogP contribution in [0.5, 0.6) is 0 Å². The van der Waals surface area contributed by atoms with E-state index in [9.17, 15) is 4.79 Å². The third kappa shape index (κ3) is 4.81. The van der Waals surface area contributed by atoms with E-state index in [-0.39, 0.29) is 18.1 Å². The Hall–Kier alpha value is -1.43. The smallest absolute Gasteiger partial charge is 0.224 e. The maximum atomic E-state index is 12.9. The van der Waals surface area contributed by atoms with Gasteiger partial charge in [-0.05, 0) is 19.0 Å². The summed E-state index contributed by atoms with van der Waals surface area (Å²) in [5.74, 6) is 0.252. The monoisotopic (exact) mass is 345 g/mol. The highest BCUT2D eigenvalue weighted by Gasteiger charge is 2.31. The number of ether oxygens (including phenoxy) is 1. The van der Waals surface area contributed by atoms with E-state index in [0.717, 1.165) is 39.3 Å². The minimum absolute atomic E-state index is 0.0434. The summed E-state index contributed by atoms with van der Waals surface area (Å²) in [6.07, 6.45) is 0.708. The lowest BCUT2D eigenvalue weighted by Crippen LogP contribution is -2.49. The van der Waals surface area contributed by atoms with Crippen LogP contribution in [-0.2, 0) is 9.53 Å². The second-order valence-electron chi connectivity index (χ2n) is 7.14. The summed E-state index contributed by atoms with van der Waals surface area (Å²) in [5.41, 5.74) is 1.17. The molecule has 0 aliphatic carbocycles. The van der Waals surface area contributed by atoms with Crippen molar-refractivity contribution in [1.82, 2.24) is 14.7 Å². The quantitative estimate of drug-likeness (QED) is 0.818. The van der Waals surface area contributed by atoms with Crippen molar-refractivity contribution in [2.24, 2.45) is 0 Å². The highest BCUT2D eigenvalue weighted by molar-refractivity contribution is 5.77. The van der Waals surface area contributed by atoms with Gasteiger partial charge in [-0.15, -0.1) is 0 Å². The number of carbonyl (C=O) groups excluding carboxylic acids is 1. The first-order valence-corrected chi connectivity index (χ1v) is 9.58. The lowest BCUT2D eigenvalue weighted by Gasteiger charge is -2.40. The van der Waals surface area contributed by atoms with Crippen molar-refractivity contribution in [3.05, 3.63) is 35.9 Å². The number of hydrogen-bond acceptors (Lipinski definition) is 4. The molecule has 1 aromatic rings. The van der Waals surface area contributed by atoms with Gasteiger partial charge in [0.15, 0.2) is 0 Å². The van der Waals surface area contributed by atoms with Crippen LogP contribution in [0.25, 0.3) is 0 Å². The van der Waals surface area contributed by atoms with Crippen molar-refractivity contribution in [2.45, 2.75) is 32.4 Å². The van der Waals surface area contributed by atoms with Crippen LogP contribution in [0.4, 0.5) is 0 Å². The summed E-state index contributed by atoms with van der Waals surface area (Å²) in [4.78, 5) is 19.8. The molecule has 0 N–H and O–H groups in total. The molecule has 2 atom stereocenters. The van der Waals surface area contributed by atoms with Crippen LogP contribution in [0.3, 0.4) is 0 Å². The zero-order chi connectivity index (χ0) is 17.6. The van der Waals surface area contributed by atoms with Crippen LogP contribution in [0.2, 0.25) is 0 Å². The zero-order valence-corrected chi connectivity index (χ0v) is 15.6. The molecule has 0 unspecified atom stereocenters. The molecule has 2 aliphatic rings. The number of hydrogen-bond donors (Lipinski definition) is 0. The second-order valence-corrected chi connectivity index (χ2v) is 7.14. The third-order valence-corrected chi connectivity index (χ3v) is 5.43. The Labute approximate surface area is 151 Å². The van der Waals surface area contributed by atoms with E-state index in [0.29, 0.717) is 19.6 Å². The van der Waals surface area contributed by atoms with Crippen molar-refractivity contribution in [3.63, 3.8) is 0 Å². The van der Waals surface area contributed by atoms with E-state index in [2.05, 4.69) is 28.9 Å². The lowest BCUT2D eigenvalue weighted by atomic mass is 10.0. The first kappa shape index (κ1) is 18.4. The molecule has 0 radical (unpaired) electrons. The van der Waals surface area contributed by atoms with Crippen LogP contribution in [0, 0.1) is 0 Å². The van der Waals surface area contributed by atoms with Gasteiger partial charge in [0, 0.05) is 45.7 Å². The third-order valence-electron chi connectivity index (χ3n) is 5.43. The van der Waals surface area contributed by atoms with Crippen LogP contribution >= 0.6 is 0 Å². The Morgan fingerprint density at radius 3 is 2.48 bits per heavy atom. The van der Waals surface area contributed by atoms with Gasteiger partial charge in [0.25, 0.3) is 0 Å². The summed E-state index contributed by atoms with van der Waals surface area (Å²) in [6, 6.07) is 10.3. The van der Waals surface area contributed by atoms with E-state index < -0.39 is 0 Å². The van der Waals surface area contributed by atoms with Crippen molar-refractivity contribution >= 4 is 5.91 Å². The fraction of sp³-hybridized carbons (Fsp3) is 0.650. The first-order chi connectivity index (χ1) is 12.2. The van der Waals surface area contributed by atoms with Crippen molar-refractivity contribution in [1.29, 1.82) is 0 Å². The predicted octanol–water partition coefficient (Wildman–Crippen LogP) is 2.00. The molecule has 25 heavy (non-hydrogen) atoms. The number of nitrogens with zero attached hydrogens (tertiary/aromatic N) is 3. The molecular weight excluding hydrogens is 314 g/mol. The highest BCUT2D eigenvalue weighted by atomic mass is 16.5. The minimum Gasteiger partial charge on any atom is -0.374 e. The number of carbonyl (C=O) groups is 1. The number of morpholine rings is 1. The molecule has 1 amide bonds. The molecule has 5 heteroatoms. The molecular formula is C20H31N3O2. The molecule has 5 nitrogen and oxygen atoms in total.